The molecule has 3 nitrogen and oxygen atoms in total. The number of nitrogen functional groups attached to an aromatic ring is 1. The molecule has 102 valence electrons. The maximum atomic E-state index is 12.0. The van der Waals surface area contributed by atoms with Gasteiger partial charge in [0.2, 0.25) is 0 Å². The van der Waals surface area contributed by atoms with Crippen molar-refractivity contribution in [1.29, 1.82) is 0 Å². The lowest BCUT2D eigenvalue weighted by molar-refractivity contribution is -0.0327. The minimum atomic E-state index is -4.19. The molecule has 0 bridgehead atoms. The summed E-state index contributed by atoms with van der Waals surface area (Å²) in [7, 11) is 0. The number of hydrogen-bond donors (Lipinski definition) is 2. The van der Waals surface area contributed by atoms with Crippen molar-refractivity contribution in [3.63, 3.8) is 0 Å². The predicted octanol–water partition coefficient (Wildman–Crippen LogP) is 3.48. The summed E-state index contributed by atoms with van der Waals surface area (Å²) < 4.78 is 36.0. The highest BCUT2D eigenvalue weighted by molar-refractivity contribution is 8.00. The first-order chi connectivity index (χ1) is 8.97. The molecule has 0 fully saturated rings. The molecular formula is C12H12F3N3S. The number of aromatic nitrogens is 1. The van der Waals surface area contributed by atoms with E-state index in [1.807, 2.05) is 6.07 Å². The molecule has 1 aromatic heterocycles. The number of fused-ring (bicyclic) bond motifs is 1. The van der Waals surface area contributed by atoms with E-state index in [2.05, 4.69) is 10.3 Å². The monoisotopic (exact) mass is 287 g/mol. The summed E-state index contributed by atoms with van der Waals surface area (Å²) in [6.07, 6.45) is 1.62. The van der Waals surface area contributed by atoms with Gasteiger partial charge in [-0.2, -0.15) is 13.2 Å². The van der Waals surface area contributed by atoms with E-state index in [0.717, 1.165) is 5.39 Å². The van der Waals surface area contributed by atoms with Gasteiger partial charge >= 0.3 is 5.51 Å². The molecule has 2 aromatic rings. The molecule has 1 aromatic carbocycles. The maximum absolute atomic E-state index is 12.0. The van der Waals surface area contributed by atoms with Crippen LogP contribution in [0.5, 0.6) is 0 Å². The lowest BCUT2D eigenvalue weighted by Gasteiger charge is -2.11. The van der Waals surface area contributed by atoms with E-state index in [0.29, 0.717) is 16.9 Å². The first kappa shape index (κ1) is 13.8. The predicted molar refractivity (Wildman–Crippen MR) is 73.2 cm³/mol. The van der Waals surface area contributed by atoms with Gasteiger partial charge in [-0.25, -0.2) is 0 Å². The molecule has 3 N–H and O–H groups in total. The summed E-state index contributed by atoms with van der Waals surface area (Å²) in [6, 6.07) is 7.03. The number of halogens is 3. The van der Waals surface area contributed by atoms with Crippen molar-refractivity contribution in [2.45, 2.75) is 5.51 Å². The Balaban J connectivity index is 2.07. The fraction of sp³-hybridized carbons (Fsp3) is 0.250. The van der Waals surface area contributed by atoms with Crippen LogP contribution in [0.2, 0.25) is 0 Å². The Morgan fingerprint density at radius 3 is 2.79 bits per heavy atom. The van der Waals surface area contributed by atoms with Crippen molar-refractivity contribution in [3.05, 3.63) is 30.5 Å². The van der Waals surface area contributed by atoms with Gasteiger partial charge in [0.25, 0.3) is 0 Å². The molecule has 0 unspecified atom stereocenters. The average molecular weight is 287 g/mol. The van der Waals surface area contributed by atoms with Gasteiger partial charge in [-0.15, -0.1) is 0 Å². The van der Waals surface area contributed by atoms with E-state index in [4.69, 9.17) is 5.73 Å². The number of nitrogens with two attached hydrogens (primary N) is 1. The molecule has 0 atom stereocenters. The SMILES string of the molecule is Nc1ccc(NCCSC(F)(F)F)c2ncccc12. The molecule has 0 aliphatic rings. The number of hydrogen-bond acceptors (Lipinski definition) is 4. The number of nitrogens with zero attached hydrogens (tertiary/aromatic N) is 1. The van der Waals surface area contributed by atoms with Crippen molar-refractivity contribution in [1.82, 2.24) is 4.98 Å². The van der Waals surface area contributed by atoms with Gasteiger partial charge in [-0.3, -0.25) is 4.98 Å². The third kappa shape index (κ3) is 3.66. The summed E-state index contributed by atoms with van der Waals surface area (Å²) >= 11 is -0.0462. The van der Waals surface area contributed by atoms with Crippen LogP contribution in [0.25, 0.3) is 10.9 Å². The number of thioether (sulfide) groups is 1. The number of alkyl halides is 3. The lowest BCUT2D eigenvalue weighted by Crippen LogP contribution is -2.10. The zero-order chi connectivity index (χ0) is 13.9. The van der Waals surface area contributed by atoms with Crippen LogP contribution in [0.4, 0.5) is 24.5 Å². The number of benzene rings is 1. The highest BCUT2D eigenvalue weighted by Crippen LogP contribution is 2.30. The standard InChI is InChI=1S/C12H12F3N3S/c13-12(14,15)19-7-6-17-10-4-3-9(16)8-2-1-5-18-11(8)10/h1-5,17H,6-7,16H2. The molecule has 1 heterocycles. The molecule has 0 saturated carbocycles. The topological polar surface area (TPSA) is 50.9 Å². The van der Waals surface area contributed by atoms with Crippen LogP contribution in [0, 0.1) is 0 Å². The Morgan fingerprint density at radius 1 is 1.26 bits per heavy atom. The van der Waals surface area contributed by atoms with E-state index >= 15 is 0 Å². The van der Waals surface area contributed by atoms with Crippen LogP contribution >= 0.6 is 11.8 Å². The number of nitrogens with one attached hydrogen (secondary N) is 1. The summed E-state index contributed by atoms with van der Waals surface area (Å²) in [5.74, 6) is -0.0534. The van der Waals surface area contributed by atoms with Crippen LogP contribution in [-0.2, 0) is 0 Å². The first-order valence-electron chi connectivity index (χ1n) is 5.55. The Hall–Kier alpha value is -1.63. The van der Waals surface area contributed by atoms with Crippen molar-refractivity contribution in [2.24, 2.45) is 0 Å². The third-order valence-electron chi connectivity index (χ3n) is 2.49. The molecule has 0 amide bonds. The molecule has 0 spiro atoms. The second kappa shape index (κ2) is 5.56. The highest BCUT2D eigenvalue weighted by Gasteiger charge is 2.27. The second-order valence-electron chi connectivity index (χ2n) is 3.82. The van der Waals surface area contributed by atoms with Crippen LogP contribution < -0.4 is 11.1 Å². The van der Waals surface area contributed by atoms with Crippen molar-refractivity contribution >= 4 is 34.0 Å². The largest absolute Gasteiger partial charge is 0.441 e. The van der Waals surface area contributed by atoms with Crippen molar-refractivity contribution in [2.75, 3.05) is 23.3 Å². The van der Waals surface area contributed by atoms with Gasteiger partial charge in [0.05, 0.1) is 11.2 Å². The molecule has 0 aliphatic heterocycles. The van der Waals surface area contributed by atoms with Gasteiger partial charge in [0, 0.05) is 29.6 Å². The van der Waals surface area contributed by atoms with Crippen molar-refractivity contribution in [3.8, 4) is 0 Å². The van der Waals surface area contributed by atoms with E-state index in [1.54, 1.807) is 24.4 Å². The Labute approximate surface area is 112 Å². The number of rotatable bonds is 4. The maximum Gasteiger partial charge on any atom is 0.441 e. The van der Waals surface area contributed by atoms with E-state index < -0.39 is 5.51 Å². The highest BCUT2D eigenvalue weighted by atomic mass is 32.2. The molecule has 7 heteroatoms. The fourth-order valence-corrected chi connectivity index (χ4v) is 2.13. The molecule has 19 heavy (non-hydrogen) atoms. The fourth-order valence-electron chi connectivity index (χ4n) is 1.69. The molecule has 0 radical (unpaired) electrons. The minimum Gasteiger partial charge on any atom is -0.398 e. The molecule has 0 aliphatic carbocycles. The van der Waals surface area contributed by atoms with Gasteiger partial charge in [0.15, 0.2) is 0 Å². The van der Waals surface area contributed by atoms with Crippen LogP contribution in [0.1, 0.15) is 0 Å². The average Bonchev–Trinajstić information content (AvgIpc) is 2.36. The lowest BCUT2D eigenvalue weighted by atomic mass is 10.1. The normalized spacial score (nSPS) is 11.7. The summed E-state index contributed by atoms with van der Waals surface area (Å²) in [6.45, 7) is 0.208. The van der Waals surface area contributed by atoms with Crippen LogP contribution in [0.3, 0.4) is 0 Å². The van der Waals surface area contributed by atoms with Gasteiger partial charge in [-0.1, -0.05) is 0 Å². The summed E-state index contributed by atoms with van der Waals surface area (Å²) in [5, 5.41) is 3.74. The molecule has 0 saturated heterocycles. The van der Waals surface area contributed by atoms with E-state index in [-0.39, 0.29) is 24.1 Å². The molecular weight excluding hydrogens is 275 g/mol. The van der Waals surface area contributed by atoms with Crippen LogP contribution in [-0.4, -0.2) is 22.8 Å². The Morgan fingerprint density at radius 2 is 2.05 bits per heavy atom. The van der Waals surface area contributed by atoms with E-state index in [9.17, 15) is 13.2 Å². The van der Waals surface area contributed by atoms with Crippen molar-refractivity contribution < 1.29 is 13.2 Å². The zero-order valence-corrected chi connectivity index (χ0v) is 10.7. The number of anilines is 2. The first-order valence-corrected chi connectivity index (χ1v) is 6.54. The zero-order valence-electron chi connectivity index (χ0n) is 9.87. The minimum absolute atomic E-state index is 0.0462. The Bertz CT molecular complexity index is 572. The third-order valence-corrected chi connectivity index (χ3v) is 3.22. The van der Waals surface area contributed by atoms with Crippen LogP contribution in [0.15, 0.2) is 30.5 Å². The summed E-state index contributed by atoms with van der Waals surface area (Å²) in [5.41, 5.74) is 3.57. The van der Waals surface area contributed by atoms with Gasteiger partial charge in [-0.05, 0) is 36.0 Å². The summed E-state index contributed by atoms with van der Waals surface area (Å²) in [4.78, 5) is 4.20. The second-order valence-corrected chi connectivity index (χ2v) is 4.98. The molecule has 2 rings (SSSR count). The van der Waals surface area contributed by atoms with Gasteiger partial charge in [0.1, 0.15) is 0 Å². The smallest absolute Gasteiger partial charge is 0.398 e. The number of pyridine rings is 1. The quantitative estimate of drug-likeness (QED) is 0.667. The Kier molecular flexibility index (Phi) is 4.04. The van der Waals surface area contributed by atoms with Gasteiger partial charge < -0.3 is 11.1 Å². The van der Waals surface area contributed by atoms with E-state index in [1.165, 1.54) is 0 Å².